The Balaban J connectivity index is 1.34. The Morgan fingerprint density at radius 3 is 2.96 bits per heavy atom. The Morgan fingerprint density at radius 1 is 1.33 bits per heavy atom. The molecule has 7 nitrogen and oxygen atoms in total. The van der Waals surface area contributed by atoms with E-state index in [0.29, 0.717) is 22.0 Å². The average molecular weight is 385 g/mol. The molecule has 1 fully saturated rings. The van der Waals surface area contributed by atoms with Crippen LogP contribution in [0.3, 0.4) is 0 Å². The molecule has 0 spiro atoms. The predicted molar refractivity (Wildman–Crippen MR) is 101 cm³/mol. The first-order valence-electron chi connectivity index (χ1n) is 8.82. The van der Waals surface area contributed by atoms with E-state index in [1.807, 2.05) is 31.2 Å². The lowest BCUT2D eigenvalue weighted by Gasteiger charge is -2.12. The summed E-state index contributed by atoms with van der Waals surface area (Å²) in [7, 11) is 0. The number of furan rings is 1. The maximum atomic E-state index is 12.0. The molecule has 4 rings (SSSR count). The van der Waals surface area contributed by atoms with Crippen LogP contribution in [0.15, 0.2) is 40.0 Å². The first-order chi connectivity index (χ1) is 13.1. The van der Waals surface area contributed by atoms with E-state index < -0.39 is 5.97 Å². The fraction of sp³-hybridized carbons (Fsp3) is 0.368. The highest BCUT2D eigenvalue weighted by molar-refractivity contribution is 8.00. The Bertz CT molecular complexity index is 999. The second kappa shape index (κ2) is 7.56. The molecule has 1 atom stereocenters. The van der Waals surface area contributed by atoms with Crippen LogP contribution in [0.5, 0.6) is 0 Å². The zero-order chi connectivity index (χ0) is 18.8. The molecular formula is C19H19N3O4S. The summed E-state index contributed by atoms with van der Waals surface area (Å²) < 4.78 is 10.9. The number of fused-ring (bicyclic) bond motifs is 3. The van der Waals surface area contributed by atoms with Gasteiger partial charge in [-0.25, -0.2) is 9.97 Å². The molecule has 27 heavy (non-hydrogen) atoms. The van der Waals surface area contributed by atoms with Gasteiger partial charge in [-0.05, 0) is 37.8 Å². The molecule has 0 saturated heterocycles. The summed E-state index contributed by atoms with van der Waals surface area (Å²) in [6.07, 6.45) is 3.74. The second-order valence-corrected chi connectivity index (χ2v) is 7.56. The minimum atomic E-state index is -0.475. The van der Waals surface area contributed by atoms with Crippen LogP contribution >= 0.6 is 11.8 Å². The van der Waals surface area contributed by atoms with E-state index >= 15 is 0 Å². The zero-order valence-corrected chi connectivity index (χ0v) is 15.6. The third-order valence-corrected chi connectivity index (χ3v) is 5.48. The summed E-state index contributed by atoms with van der Waals surface area (Å²) in [6, 6.07) is 7.72. The maximum Gasteiger partial charge on any atom is 0.316 e. The minimum absolute atomic E-state index is 0.0363. The number of thioether (sulfide) groups is 1. The molecule has 1 aliphatic rings. The number of rotatable bonds is 7. The molecule has 1 aliphatic carbocycles. The van der Waals surface area contributed by atoms with E-state index in [4.69, 9.17) is 9.15 Å². The van der Waals surface area contributed by atoms with E-state index in [9.17, 15) is 9.59 Å². The van der Waals surface area contributed by atoms with Crippen molar-refractivity contribution in [2.75, 3.05) is 12.4 Å². The summed E-state index contributed by atoms with van der Waals surface area (Å²) in [5.74, 6) is -0.148. The van der Waals surface area contributed by atoms with Crippen molar-refractivity contribution >= 4 is 45.7 Å². The van der Waals surface area contributed by atoms with Gasteiger partial charge in [-0.3, -0.25) is 9.59 Å². The molecule has 140 valence electrons. The fourth-order valence-electron chi connectivity index (χ4n) is 2.93. The number of ether oxygens (including phenoxy) is 1. The molecule has 2 aromatic heterocycles. The summed E-state index contributed by atoms with van der Waals surface area (Å²) in [6.45, 7) is 1.71. The normalized spacial score (nSPS) is 15.0. The summed E-state index contributed by atoms with van der Waals surface area (Å²) in [4.78, 5) is 32.3. The van der Waals surface area contributed by atoms with Crippen molar-refractivity contribution < 1.29 is 18.7 Å². The second-order valence-electron chi connectivity index (χ2n) is 6.60. The van der Waals surface area contributed by atoms with Crippen molar-refractivity contribution in [2.24, 2.45) is 5.92 Å². The monoisotopic (exact) mass is 385 g/mol. The van der Waals surface area contributed by atoms with Crippen LogP contribution in [-0.2, 0) is 14.3 Å². The van der Waals surface area contributed by atoms with Gasteiger partial charge in [0.05, 0.1) is 5.75 Å². The van der Waals surface area contributed by atoms with E-state index in [2.05, 4.69) is 15.3 Å². The standard InChI is InChI=1S/C19H19N3O4S/c1-11(12-6-7-12)22-15(23)8-25-16(24)9-27-19-18-17(20-10-21-19)13-4-2-3-5-14(13)26-18/h2-5,10-12H,6-9H2,1H3,(H,22,23)/t11-/m0/s1. The highest BCUT2D eigenvalue weighted by Gasteiger charge is 2.29. The highest BCUT2D eigenvalue weighted by atomic mass is 32.2. The van der Waals surface area contributed by atoms with E-state index in [1.54, 1.807) is 0 Å². The number of carbonyl (C=O) groups excluding carboxylic acids is 2. The Hall–Kier alpha value is -2.61. The quantitative estimate of drug-likeness (QED) is 0.380. The van der Waals surface area contributed by atoms with E-state index in [0.717, 1.165) is 23.8 Å². The molecule has 1 saturated carbocycles. The van der Waals surface area contributed by atoms with Crippen molar-refractivity contribution in [2.45, 2.75) is 30.8 Å². The van der Waals surface area contributed by atoms with Crippen LogP contribution in [0.4, 0.5) is 0 Å². The number of para-hydroxylation sites is 1. The molecule has 1 amide bonds. The van der Waals surface area contributed by atoms with Gasteiger partial charge in [0.2, 0.25) is 0 Å². The van der Waals surface area contributed by atoms with Crippen molar-refractivity contribution in [1.82, 2.24) is 15.3 Å². The summed E-state index contributed by atoms with van der Waals surface area (Å²) in [5, 5.41) is 4.32. The molecule has 8 heteroatoms. The molecular weight excluding hydrogens is 366 g/mol. The lowest BCUT2D eigenvalue weighted by atomic mass is 10.2. The predicted octanol–water partition coefficient (Wildman–Crippen LogP) is 2.93. The first kappa shape index (κ1) is 17.8. The average Bonchev–Trinajstić information content (AvgIpc) is 3.45. The van der Waals surface area contributed by atoms with Gasteiger partial charge < -0.3 is 14.5 Å². The fourth-order valence-corrected chi connectivity index (χ4v) is 3.66. The number of benzene rings is 1. The van der Waals surface area contributed by atoms with E-state index in [-0.39, 0.29) is 24.3 Å². The number of hydrogen-bond acceptors (Lipinski definition) is 7. The Kier molecular flexibility index (Phi) is 4.98. The molecule has 3 aromatic rings. The number of nitrogens with zero attached hydrogens (tertiary/aromatic N) is 2. The summed E-state index contributed by atoms with van der Waals surface area (Å²) >= 11 is 1.20. The van der Waals surface area contributed by atoms with Crippen molar-refractivity contribution in [3.8, 4) is 0 Å². The van der Waals surface area contributed by atoms with Crippen LogP contribution in [0.25, 0.3) is 22.1 Å². The zero-order valence-electron chi connectivity index (χ0n) is 14.8. The third kappa shape index (κ3) is 4.05. The van der Waals surface area contributed by atoms with Gasteiger partial charge >= 0.3 is 5.97 Å². The molecule has 0 unspecified atom stereocenters. The molecule has 1 aromatic carbocycles. The van der Waals surface area contributed by atoms with Gasteiger partial charge in [-0.15, -0.1) is 0 Å². The molecule has 2 heterocycles. The molecule has 0 radical (unpaired) electrons. The van der Waals surface area contributed by atoms with Gasteiger partial charge in [0, 0.05) is 11.4 Å². The topological polar surface area (TPSA) is 94.3 Å². The smallest absolute Gasteiger partial charge is 0.316 e. The number of hydrogen-bond donors (Lipinski definition) is 1. The van der Waals surface area contributed by atoms with Crippen LogP contribution < -0.4 is 5.32 Å². The number of esters is 1. The van der Waals surface area contributed by atoms with Crippen LogP contribution in [0.1, 0.15) is 19.8 Å². The SMILES string of the molecule is C[C@H](NC(=O)COC(=O)CSc1ncnc2c1oc1ccccc12)C1CC1. The Morgan fingerprint density at radius 2 is 2.15 bits per heavy atom. The molecule has 0 bridgehead atoms. The van der Waals surface area contributed by atoms with Gasteiger partial charge in [0.15, 0.2) is 12.2 Å². The minimum Gasteiger partial charge on any atom is -0.455 e. The lowest BCUT2D eigenvalue weighted by Crippen LogP contribution is -2.37. The van der Waals surface area contributed by atoms with Gasteiger partial charge in [-0.1, -0.05) is 23.9 Å². The van der Waals surface area contributed by atoms with Gasteiger partial charge in [0.1, 0.15) is 22.5 Å². The first-order valence-corrected chi connectivity index (χ1v) is 9.80. The number of amides is 1. The van der Waals surface area contributed by atoms with Crippen LogP contribution in [0, 0.1) is 5.92 Å². The van der Waals surface area contributed by atoms with Gasteiger partial charge in [0.25, 0.3) is 5.91 Å². The van der Waals surface area contributed by atoms with Crippen molar-refractivity contribution in [3.05, 3.63) is 30.6 Å². The Labute approximate surface area is 159 Å². The molecule has 1 N–H and O–H groups in total. The van der Waals surface area contributed by atoms with Gasteiger partial charge in [-0.2, -0.15) is 0 Å². The lowest BCUT2D eigenvalue weighted by molar-refractivity contribution is -0.146. The highest BCUT2D eigenvalue weighted by Crippen LogP contribution is 2.33. The molecule has 0 aliphatic heterocycles. The van der Waals surface area contributed by atoms with E-state index in [1.165, 1.54) is 18.1 Å². The largest absolute Gasteiger partial charge is 0.455 e. The number of carbonyl (C=O) groups is 2. The number of nitrogens with one attached hydrogen (secondary N) is 1. The third-order valence-electron chi connectivity index (χ3n) is 4.53. The van der Waals surface area contributed by atoms with Crippen molar-refractivity contribution in [3.63, 3.8) is 0 Å². The van der Waals surface area contributed by atoms with Crippen LogP contribution in [0.2, 0.25) is 0 Å². The number of aromatic nitrogens is 2. The summed E-state index contributed by atoms with van der Waals surface area (Å²) in [5.41, 5.74) is 1.98. The van der Waals surface area contributed by atoms with Crippen molar-refractivity contribution in [1.29, 1.82) is 0 Å². The maximum absolute atomic E-state index is 12.0. The van der Waals surface area contributed by atoms with Crippen LogP contribution in [-0.4, -0.2) is 40.2 Å².